The summed E-state index contributed by atoms with van der Waals surface area (Å²) >= 11 is 12.0. The molecular formula is C23H24Cl2F2N2. The predicted molar refractivity (Wildman–Crippen MR) is 113 cm³/mol. The van der Waals surface area contributed by atoms with Crippen LogP contribution in [-0.2, 0) is 5.41 Å². The fraction of sp³-hybridized carbons (Fsp3) is 0.435. The molecule has 1 aliphatic heterocycles. The Balaban J connectivity index is 2.31. The fourth-order valence-electron chi connectivity index (χ4n) is 4.65. The van der Waals surface area contributed by atoms with Crippen molar-refractivity contribution < 1.29 is 8.78 Å². The van der Waals surface area contributed by atoms with E-state index in [-0.39, 0.29) is 33.1 Å². The van der Waals surface area contributed by atoms with Crippen LogP contribution in [0, 0.1) is 28.4 Å². The standard InChI is InChI=1S/C23H24Cl2F2N2/c1-13-20(15-6-5-7-17(25)21(15)27)23(12-28,19(29-13)11-22(2,3)4)16-9-8-14(24)10-18(16)26/h5-10,13,19-20,29H,11H2,1-4H3/t13-,19-,20+,23-/m0/s1. The Labute approximate surface area is 180 Å². The van der Waals surface area contributed by atoms with E-state index in [4.69, 9.17) is 23.2 Å². The van der Waals surface area contributed by atoms with Gasteiger partial charge in [0, 0.05) is 28.6 Å². The lowest BCUT2D eigenvalue weighted by atomic mass is 9.63. The molecule has 1 fully saturated rings. The molecule has 3 rings (SSSR count). The lowest BCUT2D eigenvalue weighted by molar-refractivity contribution is 0.278. The van der Waals surface area contributed by atoms with E-state index < -0.39 is 23.0 Å². The summed E-state index contributed by atoms with van der Waals surface area (Å²) in [6, 6.07) is 10.8. The smallest absolute Gasteiger partial charge is 0.145 e. The number of rotatable bonds is 3. The highest BCUT2D eigenvalue weighted by Gasteiger charge is 2.58. The Morgan fingerprint density at radius 3 is 2.45 bits per heavy atom. The molecule has 0 aromatic heterocycles. The van der Waals surface area contributed by atoms with Gasteiger partial charge in [0.05, 0.1) is 11.1 Å². The maximum Gasteiger partial charge on any atom is 0.145 e. The van der Waals surface area contributed by atoms with E-state index in [2.05, 4.69) is 32.2 Å². The van der Waals surface area contributed by atoms with Crippen LogP contribution in [0.5, 0.6) is 0 Å². The lowest BCUT2D eigenvalue weighted by Gasteiger charge is -2.37. The Bertz CT molecular complexity index is 964. The average Bonchev–Trinajstić information content (AvgIpc) is 2.87. The summed E-state index contributed by atoms with van der Waals surface area (Å²) in [6.07, 6.45) is 0.603. The highest BCUT2D eigenvalue weighted by molar-refractivity contribution is 6.31. The van der Waals surface area contributed by atoms with Gasteiger partial charge in [-0.25, -0.2) is 8.78 Å². The Kier molecular flexibility index (Phi) is 5.98. The van der Waals surface area contributed by atoms with Crippen molar-refractivity contribution in [2.24, 2.45) is 5.41 Å². The molecule has 0 spiro atoms. The zero-order valence-corrected chi connectivity index (χ0v) is 18.4. The van der Waals surface area contributed by atoms with Gasteiger partial charge in [0.25, 0.3) is 0 Å². The zero-order valence-electron chi connectivity index (χ0n) is 16.9. The van der Waals surface area contributed by atoms with Gasteiger partial charge in [-0.2, -0.15) is 5.26 Å². The van der Waals surface area contributed by atoms with Crippen molar-refractivity contribution >= 4 is 23.2 Å². The molecule has 2 nitrogen and oxygen atoms in total. The van der Waals surface area contributed by atoms with Crippen molar-refractivity contribution in [1.29, 1.82) is 5.26 Å². The van der Waals surface area contributed by atoms with Crippen molar-refractivity contribution in [3.05, 3.63) is 69.2 Å². The third kappa shape index (κ3) is 3.89. The van der Waals surface area contributed by atoms with Gasteiger partial charge in [-0.1, -0.05) is 62.2 Å². The van der Waals surface area contributed by atoms with Gasteiger partial charge in [0.15, 0.2) is 0 Å². The molecule has 1 heterocycles. The third-order valence-corrected chi connectivity index (χ3v) is 6.23. The summed E-state index contributed by atoms with van der Waals surface area (Å²) in [6.45, 7) is 8.08. The molecule has 1 N–H and O–H groups in total. The molecule has 29 heavy (non-hydrogen) atoms. The number of benzene rings is 2. The molecule has 0 radical (unpaired) electrons. The Hall–Kier alpha value is -1.67. The molecule has 0 aliphatic carbocycles. The molecule has 2 aromatic rings. The van der Waals surface area contributed by atoms with Gasteiger partial charge in [-0.05, 0) is 42.5 Å². The van der Waals surface area contributed by atoms with Crippen LogP contribution in [0.2, 0.25) is 10.0 Å². The molecule has 0 unspecified atom stereocenters. The summed E-state index contributed by atoms with van der Waals surface area (Å²) in [5.74, 6) is -1.77. The number of nitrogens with zero attached hydrogens (tertiary/aromatic N) is 1. The summed E-state index contributed by atoms with van der Waals surface area (Å²) in [5.41, 5.74) is -0.929. The van der Waals surface area contributed by atoms with Crippen LogP contribution in [0.15, 0.2) is 36.4 Å². The first-order chi connectivity index (χ1) is 13.5. The highest BCUT2D eigenvalue weighted by Crippen LogP contribution is 2.52. The first kappa shape index (κ1) is 22.0. The maximum atomic E-state index is 15.2. The molecule has 0 saturated carbocycles. The Morgan fingerprint density at radius 1 is 1.17 bits per heavy atom. The topological polar surface area (TPSA) is 35.8 Å². The molecule has 154 valence electrons. The van der Waals surface area contributed by atoms with Gasteiger partial charge in [0.1, 0.15) is 17.0 Å². The second-order valence-corrected chi connectivity index (χ2v) is 9.84. The van der Waals surface area contributed by atoms with Gasteiger partial charge in [-0.3, -0.25) is 0 Å². The van der Waals surface area contributed by atoms with Crippen molar-refractivity contribution in [1.82, 2.24) is 5.32 Å². The van der Waals surface area contributed by atoms with E-state index in [1.54, 1.807) is 24.3 Å². The normalized spacial score (nSPS) is 27.1. The van der Waals surface area contributed by atoms with Gasteiger partial charge in [0.2, 0.25) is 0 Å². The minimum absolute atomic E-state index is 0.0163. The second-order valence-electron chi connectivity index (χ2n) is 9.00. The molecule has 0 amide bonds. The van der Waals surface area contributed by atoms with Crippen LogP contribution in [-0.4, -0.2) is 12.1 Å². The molecule has 1 aliphatic rings. The van der Waals surface area contributed by atoms with E-state index in [1.165, 1.54) is 12.1 Å². The third-order valence-electron chi connectivity index (χ3n) is 5.70. The first-order valence-electron chi connectivity index (χ1n) is 9.58. The highest BCUT2D eigenvalue weighted by atomic mass is 35.5. The van der Waals surface area contributed by atoms with Crippen LogP contribution in [0.1, 0.15) is 51.2 Å². The number of halogens is 4. The maximum absolute atomic E-state index is 15.2. The van der Waals surface area contributed by atoms with Crippen molar-refractivity contribution in [3.63, 3.8) is 0 Å². The molecule has 2 aromatic carbocycles. The van der Waals surface area contributed by atoms with Crippen LogP contribution >= 0.6 is 23.2 Å². The number of hydrogen-bond donors (Lipinski definition) is 1. The monoisotopic (exact) mass is 436 g/mol. The van der Waals surface area contributed by atoms with Crippen molar-refractivity contribution in [2.75, 3.05) is 0 Å². The van der Waals surface area contributed by atoms with E-state index in [9.17, 15) is 5.26 Å². The summed E-state index contributed by atoms with van der Waals surface area (Å²) in [7, 11) is 0. The first-order valence-corrected chi connectivity index (χ1v) is 10.3. The number of nitrogens with one attached hydrogen (secondary N) is 1. The van der Waals surface area contributed by atoms with E-state index >= 15 is 8.78 Å². The van der Waals surface area contributed by atoms with E-state index in [1.807, 2.05) is 6.92 Å². The van der Waals surface area contributed by atoms with Gasteiger partial charge < -0.3 is 5.32 Å². The molecule has 4 atom stereocenters. The quantitative estimate of drug-likeness (QED) is 0.586. The molecule has 6 heteroatoms. The largest absolute Gasteiger partial charge is 0.309 e. The van der Waals surface area contributed by atoms with Gasteiger partial charge >= 0.3 is 0 Å². The van der Waals surface area contributed by atoms with Crippen LogP contribution in [0.4, 0.5) is 8.78 Å². The van der Waals surface area contributed by atoms with Gasteiger partial charge in [-0.15, -0.1) is 0 Å². The summed E-state index contributed by atoms with van der Waals surface area (Å²) in [4.78, 5) is 0. The zero-order chi connectivity index (χ0) is 21.6. The van der Waals surface area contributed by atoms with Crippen LogP contribution < -0.4 is 5.32 Å². The molecular weight excluding hydrogens is 413 g/mol. The molecule has 1 saturated heterocycles. The van der Waals surface area contributed by atoms with Crippen LogP contribution in [0.25, 0.3) is 0 Å². The van der Waals surface area contributed by atoms with E-state index in [0.717, 1.165) is 0 Å². The minimum atomic E-state index is -1.33. The fourth-order valence-corrected chi connectivity index (χ4v) is 4.99. The van der Waals surface area contributed by atoms with Crippen molar-refractivity contribution in [3.8, 4) is 6.07 Å². The summed E-state index contributed by atoms with van der Waals surface area (Å²) in [5, 5.41) is 14.2. The predicted octanol–water partition coefficient (Wildman–Crippen LogP) is 6.61. The van der Waals surface area contributed by atoms with Crippen molar-refractivity contribution in [2.45, 2.75) is 57.5 Å². The average molecular weight is 437 g/mol. The summed E-state index contributed by atoms with van der Waals surface area (Å²) < 4.78 is 30.2. The lowest BCUT2D eigenvalue weighted by Crippen LogP contribution is -2.44. The molecule has 0 bridgehead atoms. The SMILES string of the molecule is C[C@@H]1N[C@@H](CC(C)(C)C)[C@](C#N)(c2ccc(Cl)cc2F)[C@H]1c1cccc(Cl)c1F. The van der Waals surface area contributed by atoms with Crippen LogP contribution in [0.3, 0.4) is 0 Å². The minimum Gasteiger partial charge on any atom is -0.309 e. The van der Waals surface area contributed by atoms with E-state index in [0.29, 0.717) is 12.0 Å². The Morgan fingerprint density at radius 2 is 1.86 bits per heavy atom. The number of nitriles is 1. The second kappa shape index (κ2) is 7.87. The number of hydrogen-bond acceptors (Lipinski definition) is 2.